The number of nitro groups is 1. The predicted molar refractivity (Wildman–Crippen MR) is 80.6 cm³/mol. The van der Waals surface area contributed by atoms with Crippen LogP contribution in [0.25, 0.3) is 0 Å². The summed E-state index contributed by atoms with van der Waals surface area (Å²) < 4.78 is 0. The maximum Gasteiger partial charge on any atom is 0.269 e. The van der Waals surface area contributed by atoms with E-state index in [-0.39, 0.29) is 11.6 Å². The van der Waals surface area contributed by atoms with Crippen LogP contribution in [0.1, 0.15) is 15.9 Å². The van der Waals surface area contributed by atoms with Crippen molar-refractivity contribution in [2.45, 2.75) is 6.42 Å². The standard InChI is InChI=1S/C15H13ClN2O3/c16-13-3-1-2-11(10-13)8-9-17-15(19)12-4-6-14(7-5-12)18(20)21/h1-7,10H,8-9H2,(H,17,19). The van der Waals surface area contributed by atoms with Crippen molar-refractivity contribution in [2.75, 3.05) is 6.54 Å². The average Bonchev–Trinajstić information content (AvgIpc) is 2.47. The lowest BCUT2D eigenvalue weighted by atomic mass is 10.1. The number of nitrogens with zero attached hydrogens (tertiary/aromatic N) is 1. The van der Waals surface area contributed by atoms with Crippen LogP contribution in [0.4, 0.5) is 5.69 Å². The molecule has 0 bridgehead atoms. The molecule has 2 aromatic carbocycles. The second-order valence-electron chi connectivity index (χ2n) is 4.44. The lowest BCUT2D eigenvalue weighted by Crippen LogP contribution is -2.25. The van der Waals surface area contributed by atoms with Crippen molar-refractivity contribution in [1.82, 2.24) is 5.32 Å². The molecule has 1 N–H and O–H groups in total. The maximum absolute atomic E-state index is 11.9. The number of hydrogen-bond acceptors (Lipinski definition) is 3. The summed E-state index contributed by atoms with van der Waals surface area (Å²) in [5.74, 6) is -0.257. The monoisotopic (exact) mass is 304 g/mol. The first-order valence-electron chi connectivity index (χ1n) is 6.33. The van der Waals surface area contributed by atoms with Crippen LogP contribution >= 0.6 is 11.6 Å². The SMILES string of the molecule is O=C(NCCc1cccc(Cl)c1)c1ccc([N+](=O)[O-])cc1. The lowest BCUT2D eigenvalue weighted by Gasteiger charge is -2.05. The molecular formula is C15H13ClN2O3. The third-order valence-corrected chi connectivity index (χ3v) is 3.16. The number of non-ortho nitro benzene ring substituents is 1. The summed E-state index contributed by atoms with van der Waals surface area (Å²) in [5, 5.41) is 14.0. The molecule has 1 amide bonds. The van der Waals surface area contributed by atoms with Crippen LogP contribution in [0.5, 0.6) is 0 Å². The fraction of sp³-hybridized carbons (Fsp3) is 0.133. The van der Waals surface area contributed by atoms with E-state index in [4.69, 9.17) is 11.6 Å². The van der Waals surface area contributed by atoms with Gasteiger partial charge in [0.05, 0.1) is 4.92 Å². The number of carbonyl (C=O) groups excluding carboxylic acids is 1. The summed E-state index contributed by atoms with van der Waals surface area (Å²) in [6.07, 6.45) is 0.666. The number of halogens is 1. The highest BCUT2D eigenvalue weighted by Crippen LogP contribution is 2.12. The summed E-state index contributed by atoms with van der Waals surface area (Å²) in [4.78, 5) is 21.9. The Labute approximate surface area is 126 Å². The third kappa shape index (κ3) is 4.29. The van der Waals surface area contributed by atoms with E-state index in [9.17, 15) is 14.9 Å². The van der Waals surface area contributed by atoms with Crippen LogP contribution in [-0.2, 0) is 6.42 Å². The van der Waals surface area contributed by atoms with Gasteiger partial charge >= 0.3 is 0 Å². The zero-order valence-corrected chi connectivity index (χ0v) is 11.8. The van der Waals surface area contributed by atoms with Gasteiger partial charge in [-0.05, 0) is 36.2 Å². The van der Waals surface area contributed by atoms with Crippen LogP contribution in [0.3, 0.4) is 0 Å². The Balaban J connectivity index is 1.88. The molecule has 6 heteroatoms. The van der Waals surface area contributed by atoms with Crippen LogP contribution < -0.4 is 5.32 Å². The highest BCUT2D eigenvalue weighted by Gasteiger charge is 2.08. The highest BCUT2D eigenvalue weighted by molar-refractivity contribution is 6.30. The topological polar surface area (TPSA) is 72.2 Å². The number of nitrogens with one attached hydrogen (secondary N) is 1. The second-order valence-corrected chi connectivity index (χ2v) is 4.88. The normalized spacial score (nSPS) is 10.1. The van der Waals surface area contributed by atoms with Crippen LogP contribution in [0, 0.1) is 10.1 Å². The largest absolute Gasteiger partial charge is 0.352 e. The van der Waals surface area contributed by atoms with E-state index >= 15 is 0 Å². The van der Waals surface area contributed by atoms with E-state index in [1.54, 1.807) is 6.07 Å². The van der Waals surface area contributed by atoms with Crippen molar-refractivity contribution < 1.29 is 9.72 Å². The van der Waals surface area contributed by atoms with E-state index in [1.807, 2.05) is 18.2 Å². The van der Waals surface area contributed by atoms with Crippen LogP contribution in [0.15, 0.2) is 48.5 Å². The maximum atomic E-state index is 11.9. The fourth-order valence-corrected chi connectivity index (χ4v) is 2.06. The van der Waals surface area contributed by atoms with Gasteiger partial charge in [0, 0.05) is 29.3 Å². The van der Waals surface area contributed by atoms with Crippen molar-refractivity contribution in [3.8, 4) is 0 Å². The minimum atomic E-state index is -0.499. The lowest BCUT2D eigenvalue weighted by molar-refractivity contribution is -0.384. The van der Waals surface area contributed by atoms with Gasteiger partial charge < -0.3 is 5.32 Å². The molecule has 0 aliphatic rings. The van der Waals surface area contributed by atoms with Gasteiger partial charge in [-0.25, -0.2) is 0 Å². The van der Waals surface area contributed by atoms with Crippen LogP contribution in [-0.4, -0.2) is 17.4 Å². The molecule has 0 aliphatic heterocycles. The average molecular weight is 305 g/mol. The zero-order chi connectivity index (χ0) is 15.2. The first-order chi connectivity index (χ1) is 10.1. The molecule has 0 unspecified atom stereocenters. The van der Waals surface area contributed by atoms with E-state index < -0.39 is 4.92 Å². The molecule has 0 spiro atoms. The fourth-order valence-electron chi connectivity index (χ4n) is 1.85. The number of amides is 1. The summed E-state index contributed by atoms with van der Waals surface area (Å²) >= 11 is 5.88. The van der Waals surface area contributed by atoms with E-state index in [0.29, 0.717) is 23.6 Å². The minimum Gasteiger partial charge on any atom is -0.352 e. The third-order valence-electron chi connectivity index (χ3n) is 2.93. The Bertz CT molecular complexity index is 656. The van der Waals surface area contributed by atoms with E-state index in [2.05, 4.69) is 5.32 Å². The van der Waals surface area contributed by atoms with Gasteiger partial charge in [-0.1, -0.05) is 23.7 Å². The van der Waals surface area contributed by atoms with Gasteiger partial charge in [0.15, 0.2) is 0 Å². The van der Waals surface area contributed by atoms with E-state index in [0.717, 1.165) is 5.56 Å². The Morgan fingerprint density at radius 2 is 1.90 bits per heavy atom. The molecule has 0 radical (unpaired) electrons. The zero-order valence-electron chi connectivity index (χ0n) is 11.1. The molecular weight excluding hydrogens is 292 g/mol. The molecule has 21 heavy (non-hydrogen) atoms. The van der Waals surface area contributed by atoms with Crippen LogP contribution in [0.2, 0.25) is 5.02 Å². The van der Waals surface area contributed by atoms with Gasteiger partial charge in [-0.2, -0.15) is 0 Å². The first kappa shape index (κ1) is 15.0. The number of benzene rings is 2. The smallest absolute Gasteiger partial charge is 0.269 e. The van der Waals surface area contributed by atoms with Crippen molar-refractivity contribution >= 4 is 23.2 Å². The first-order valence-corrected chi connectivity index (χ1v) is 6.71. The molecule has 0 aliphatic carbocycles. The van der Waals surface area contributed by atoms with Gasteiger partial charge in [-0.15, -0.1) is 0 Å². The molecule has 5 nitrogen and oxygen atoms in total. The summed E-state index contributed by atoms with van der Waals surface area (Å²) in [6.45, 7) is 0.468. The molecule has 0 aromatic heterocycles. The van der Waals surface area contributed by atoms with Crippen molar-refractivity contribution in [2.24, 2.45) is 0 Å². The van der Waals surface area contributed by atoms with Gasteiger partial charge in [0.1, 0.15) is 0 Å². The highest BCUT2D eigenvalue weighted by atomic mass is 35.5. The second kappa shape index (κ2) is 6.85. The molecule has 0 atom stereocenters. The number of carbonyl (C=O) groups is 1. The Hall–Kier alpha value is -2.40. The Morgan fingerprint density at radius 1 is 1.19 bits per heavy atom. The molecule has 2 rings (SSSR count). The van der Waals surface area contributed by atoms with E-state index in [1.165, 1.54) is 24.3 Å². The number of hydrogen-bond donors (Lipinski definition) is 1. The molecule has 2 aromatic rings. The number of nitro benzene ring substituents is 1. The quantitative estimate of drug-likeness (QED) is 0.681. The molecule has 0 fully saturated rings. The van der Waals surface area contributed by atoms with Crippen molar-refractivity contribution in [3.63, 3.8) is 0 Å². The summed E-state index contributed by atoms with van der Waals surface area (Å²) in [7, 11) is 0. The van der Waals surface area contributed by atoms with Gasteiger partial charge in [0.25, 0.3) is 11.6 Å². The van der Waals surface area contributed by atoms with Crippen molar-refractivity contribution in [3.05, 3.63) is 74.8 Å². The number of rotatable bonds is 5. The van der Waals surface area contributed by atoms with Crippen molar-refractivity contribution in [1.29, 1.82) is 0 Å². The molecule has 0 saturated heterocycles. The molecule has 108 valence electrons. The van der Waals surface area contributed by atoms with Gasteiger partial charge in [0.2, 0.25) is 0 Å². The molecule has 0 saturated carbocycles. The predicted octanol–water partition coefficient (Wildman–Crippen LogP) is 3.22. The summed E-state index contributed by atoms with van der Waals surface area (Å²) in [5.41, 5.74) is 1.39. The minimum absolute atomic E-state index is 0.0366. The molecule has 0 heterocycles. The Morgan fingerprint density at radius 3 is 2.52 bits per heavy atom. The van der Waals surface area contributed by atoms with Gasteiger partial charge in [-0.3, -0.25) is 14.9 Å². The Kier molecular flexibility index (Phi) is 4.90. The summed E-state index contributed by atoms with van der Waals surface area (Å²) in [6, 6.07) is 12.9.